The fraction of sp³-hybridized carbons (Fsp3) is 0.667. The van der Waals surface area contributed by atoms with Crippen molar-refractivity contribution < 1.29 is 5.11 Å². The lowest BCUT2D eigenvalue weighted by Gasteiger charge is -2.22. The summed E-state index contributed by atoms with van der Waals surface area (Å²) in [5.41, 5.74) is 0.960. The molecule has 0 saturated heterocycles. The van der Waals surface area contributed by atoms with Crippen molar-refractivity contribution in [1.82, 2.24) is 9.97 Å². The molecular weight excluding hydrogens is 202 g/mol. The fourth-order valence-corrected chi connectivity index (χ4v) is 1.69. The molecule has 0 spiro atoms. The molecule has 90 valence electrons. The lowest BCUT2D eigenvalue weighted by molar-refractivity contribution is 0.267. The van der Waals surface area contributed by atoms with Crippen LogP contribution in [-0.4, -0.2) is 27.7 Å². The summed E-state index contributed by atoms with van der Waals surface area (Å²) >= 11 is 0. The first-order valence-corrected chi connectivity index (χ1v) is 5.72. The van der Waals surface area contributed by atoms with Gasteiger partial charge in [0.1, 0.15) is 11.6 Å². The second kappa shape index (κ2) is 5.80. The van der Waals surface area contributed by atoms with Crippen LogP contribution in [0.25, 0.3) is 0 Å². The molecule has 16 heavy (non-hydrogen) atoms. The topological polar surface area (TPSA) is 58.0 Å². The Morgan fingerprint density at radius 3 is 2.50 bits per heavy atom. The Kier molecular flexibility index (Phi) is 4.68. The third-order valence-electron chi connectivity index (χ3n) is 2.54. The van der Waals surface area contributed by atoms with Crippen LogP contribution in [0, 0.1) is 19.8 Å². The van der Waals surface area contributed by atoms with Gasteiger partial charge in [0, 0.05) is 24.4 Å². The Labute approximate surface area is 97.1 Å². The molecule has 0 aliphatic carbocycles. The lowest BCUT2D eigenvalue weighted by atomic mass is 10.0. The average Bonchev–Trinajstić information content (AvgIpc) is 2.15. The van der Waals surface area contributed by atoms with Crippen LogP contribution >= 0.6 is 0 Å². The zero-order valence-electron chi connectivity index (χ0n) is 10.5. The second-order valence-corrected chi connectivity index (χ2v) is 4.45. The fourth-order valence-electron chi connectivity index (χ4n) is 1.69. The standard InChI is InChI=1S/C12H21N3O/c1-8(2)11(5-6-16)15-12-7-9(3)13-10(4)14-12/h7-8,11,16H,5-6H2,1-4H3,(H,13,14,15). The number of nitrogens with one attached hydrogen (secondary N) is 1. The van der Waals surface area contributed by atoms with Gasteiger partial charge < -0.3 is 10.4 Å². The number of rotatable bonds is 5. The van der Waals surface area contributed by atoms with E-state index in [1.165, 1.54) is 0 Å². The number of hydrogen-bond acceptors (Lipinski definition) is 4. The van der Waals surface area contributed by atoms with E-state index in [4.69, 9.17) is 5.11 Å². The highest BCUT2D eigenvalue weighted by molar-refractivity contribution is 5.36. The zero-order valence-corrected chi connectivity index (χ0v) is 10.5. The minimum atomic E-state index is 0.193. The van der Waals surface area contributed by atoms with E-state index in [1.54, 1.807) is 0 Å². The molecule has 4 heteroatoms. The minimum Gasteiger partial charge on any atom is -0.396 e. The second-order valence-electron chi connectivity index (χ2n) is 4.45. The van der Waals surface area contributed by atoms with Crippen LogP contribution in [0.2, 0.25) is 0 Å². The summed E-state index contributed by atoms with van der Waals surface area (Å²) < 4.78 is 0. The van der Waals surface area contributed by atoms with Crippen molar-refractivity contribution >= 4 is 5.82 Å². The van der Waals surface area contributed by atoms with Crippen LogP contribution < -0.4 is 5.32 Å². The molecular formula is C12H21N3O. The molecule has 1 aromatic rings. The number of nitrogens with zero attached hydrogens (tertiary/aromatic N) is 2. The van der Waals surface area contributed by atoms with Crippen molar-refractivity contribution in [2.75, 3.05) is 11.9 Å². The van der Waals surface area contributed by atoms with Crippen molar-refractivity contribution in [2.24, 2.45) is 5.92 Å². The third kappa shape index (κ3) is 3.77. The number of aliphatic hydroxyl groups is 1. The SMILES string of the molecule is Cc1cc(NC(CCO)C(C)C)nc(C)n1. The molecule has 2 N–H and O–H groups in total. The van der Waals surface area contributed by atoms with E-state index in [2.05, 4.69) is 29.1 Å². The van der Waals surface area contributed by atoms with E-state index >= 15 is 0 Å². The van der Waals surface area contributed by atoms with Gasteiger partial charge in [-0.1, -0.05) is 13.8 Å². The lowest BCUT2D eigenvalue weighted by Crippen LogP contribution is -2.27. The Morgan fingerprint density at radius 1 is 1.31 bits per heavy atom. The van der Waals surface area contributed by atoms with Gasteiger partial charge >= 0.3 is 0 Å². The van der Waals surface area contributed by atoms with Crippen LogP contribution in [0.3, 0.4) is 0 Å². The van der Waals surface area contributed by atoms with Gasteiger partial charge in [0.15, 0.2) is 0 Å². The average molecular weight is 223 g/mol. The van der Waals surface area contributed by atoms with Gasteiger partial charge in [0.25, 0.3) is 0 Å². The summed E-state index contributed by atoms with van der Waals surface area (Å²) in [5.74, 6) is 2.08. The summed E-state index contributed by atoms with van der Waals surface area (Å²) in [4.78, 5) is 8.57. The number of aryl methyl sites for hydroxylation is 2. The Hall–Kier alpha value is -1.16. The van der Waals surface area contributed by atoms with Crippen LogP contribution in [0.5, 0.6) is 0 Å². The molecule has 1 atom stereocenters. The Bertz CT molecular complexity index is 319. The van der Waals surface area contributed by atoms with Crippen LogP contribution in [0.4, 0.5) is 5.82 Å². The van der Waals surface area contributed by atoms with E-state index in [0.29, 0.717) is 5.92 Å². The molecule has 4 nitrogen and oxygen atoms in total. The summed E-state index contributed by atoms with van der Waals surface area (Å²) in [5, 5.41) is 12.3. The van der Waals surface area contributed by atoms with Crippen molar-refractivity contribution in [3.05, 3.63) is 17.6 Å². The molecule has 1 unspecified atom stereocenters. The minimum absolute atomic E-state index is 0.193. The van der Waals surface area contributed by atoms with E-state index < -0.39 is 0 Å². The molecule has 0 aromatic carbocycles. The summed E-state index contributed by atoms with van der Waals surface area (Å²) in [7, 11) is 0. The maximum Gasteiger partial charge on any atom is 0.130 e. The van der Waals surface area contributed by atoms with Crippen LogP contribution in [0.1, 0.15) is 31.8 Å². The van der Waals surface area contributed by atoms with Gasteiger partial charge in [-0.15, -0.1) is 0 Å². The number of hydrogen-bond donors (Lipinski definition) is 2. The number of anilines is 1. The largest absolute Gasteiger partial charge is 0.396 e. The van der Waals surface area contributed by atoms with Gasteiger partial charge in [-0.05, 0) is 26.2 Å². The van der Waals surface area contributed by atoms with Crippen molar-refractivity contribution in [2.45, 2.75) is 40.2 Å². The first-order chi connectivity index (χ1) is 7.52. The maximum absolute atomic E-state index is 9.00. The molecule has 1 rings (SSSR count). The van der Waals surface area contributed by atoms with Crippen molar-refractivity contribution in [3.63, 3.8) is 0 Å². The van der Waals surface area contributed by atoms with E-state index in [1.807, 2.05) is 19.9 Å². The third-order valence-corrected chi connectivity index (χ3v) is 2.54. The molecule has 1 heterocycles. The molecule has 0 saturated carbocycles. The monoisotopic (exact) mass is 223 g/mol. The summed E-state index contributed by atoms with van der Waals surface area (Å²) in [6.07, 6.45) is 0.736. The van der Waals surface area contributed by atoms with Gasteiger partial charge in [0.05, 0.1) is 0 Å². The maximum atomic E-state index is 9.00. The van der Waals surface area contributed by atoms with Gasteiger partial charge in [0.2, 0.25) is 0 Å². The van der Waals surface area contributed by atoms with Crippen molar-refractivity contribution in [3.8, 4) is 0 Å². The number of aromatic nitrogens is 2. The number of aliphatic hydroxyl groups excluding tert-OH is 1. The van der Waals surface area contributed by atoms with E-state index in [0.717, 1.165) is 23.8 Å². The molecule has 0 fully saturated rings. The Balaban J connectivity index is 2.76. The normalized spacial score (nSPS) is 12.9. The predicted molar refractivity (Wildman–Crippen MR) is 65.5 cm³/mol. The highest BCUT2D eigenvalue weighted by Crippen LogP contribution is 2.14. The Morgan fingerprint density at radius 2 is 2.00 bits per heavy atom. The summed E-state index contributed by atoms with van der Waals surface area (Å²) in [6.45, 7) is 8.30. The molecule has 0 bridgehead atoms. The predicted octanol–water partition coefficient (Wildman–Crippen LogP) is 1.91. The quantitative estimate of drug-likeness (QED) is 0.800. The van der Waals surface area contributed by atoms with Crippen LogP contribution in [0.15, 0.2) is 6.07 Å². The highest BCUT2D eigenvalue weighted by atomic mass is 16.3. The first kappa shape index (κ1) is 12.9. The van der Waals surface area contributed by atoms with E-state index in [-0.39, 0.29) is 12.6 Å². The first-order valence-electron chi connectivity index (χ1n) is 5.72. The van der Waals surface area contributed by atoms with Crippen LogP contribution in [-0.2, 0) is 0 Å². The van der Waals surface area contributed by atoms with Gasteiger partial charge in [-0.2, -0.15) is 0 Å². The zero-order chi connectivity index (χ0) is 12.1. The highest BCUT2D eigenvalue weighted by Gasteiger charge is 2.13. The molecule has 0 aliphatic heterocycles. The summed E-state index contributed by atoms with van der Waals surface area (Å²) in [6, 6.07) is 2.18. The smallest absolute Gasteiger partial charge is 0.130 e. The molecule has 1 aromatic heterocycles. The molecule has 0 aliphatic rings. The molecule has 0 amide bonds. The van der Waals surface area contributed by atoms with Crippen molar-refractivity contribution in [1.29, 1.82) is 0 Å². The van der Waals surface area contributed by atoms with E-state index in [9.17, 15) is 0 Å². The molecule has 0 radical (unpaired) electrons. The van der Waals surface area contributed by atoms with Gasteiger partial charge in [-0.25, -0.2) is 9.97 Å². The van der Waals surface area contributed by atoms with Gasteiger partial charge in [-0.3, -0.25) is 0 Å².